The zero-order valence-corrected chi connectivity index (χ0v) is 40.7. The number of hydrogen-bond donors (Lipinski definition) is 3. The molecule has 0 bridgehead atoms. The van der Waals surface area contributed by atoms with Crippen molar-refractivity contribution in [1.82, 2.24) is 14.9 Å². The van der Waals surface area contributed by atoms with Crippen LogP contribution in [0.1, 0.15) is 42.1 Å². The molecular formula is C49H54ClF3N5O7PS2. The number of carbonyl (C=O) groups is 2. The summed E-state index contributed by atoms with van der Waals surface area (Å²) < 4.78 is 89.9. The number of carboxylic acid groups (broad SMARTS) is 1. The number of anilines is 2. The van der Waals surface area contributed by atoms with Gasteiger partial charge in [0.05, 0.1) is 23.5 Å². The maximum atomic E-state index is 14.5. The molecule has 5 aromatic carbocycles. The van der Waals surface area contributed by atoms with Crippen LogP contribution in [-0.4, -0.2) is 105 Å². The summed E-state index contributed by atoms with van der Waals surface area (Å²) in [5.41, 5.74) is -1.66. The molecule has 2 atom stereocenters. The van der Waals surface area contributed by atoms with E-state index in [1.165, 1.54) is 30.3 Å². The lowest BCUT2D eigenvalue weighted by Crippen LogP contribution is -2.46. The summed E-state index contributed by atoms with van der Waals surface area (Å²) in [4.78, 5) is 31.6. The molecule has 2 aliphatic rings. The van der Waals surface area contributed by atoms with Crippen molar-refractivity contribution < 1.29 is 45.4 Å². The molecular weight excluding hydrogens is 958 g/mol. The molecule has 19 heteroatoms. The number of thioether (sulfide) groups is 1. The summed E-state index contributed by atoms with van der Waals surface area (Å²) in [6.45, 7) is 6.60. The number of nitrogens with zero attached hydrogens (tertiary/aromatic N) is 3. The summed E-state index contributed by atoms with van der Waals surface area (Å²) in [6.07, 6.45) is 1.31. The quantitative estimate of drug-likeness (QED) is 0.0535. The second-order valence-corrected chi connectivity index (χ2v) is 22.3. The van der Waals surface area contributed by atoms with Gasteiger partial charge in [0.1, 0.15) is 4.90 Å². The number of piperazine rings is 1. The number of alkyl halides is 3. The molecule has 2 saturated heterocycles. The standard InChI is InChI=1S/C49H54ClF3N5O7PS2/c1-2-65-66(62,55-47(59)36-14-18-41(19-15-36)58-30-28-57(29-31-58)33-38-8-6-7-11-44(38)35-12-16-39(50)17-13-35)42-20-21-45(46(32-42)68(63,64)49(51,52)53)54-40(34-67-43-9-4-3-5-10-43)24-27-56-25-22-37(23-26-56)48(60)61/h3-21,32,37,40,54H,2,22-31,33-34H2,1H3,(H,60,61)(H,55,59,62)/t40-,66?/m1/s1. The van der Waals surface area contributed by atoms with Crippen molar-refractivity contribution in [1.29, 1.82) is 0 Å². The second-order valence-electron chi connectivity index (χ2n) is 16.7. The first kappa shape index (κ1) is 51.0. The average molecular weight is 1010 g/mol. The largest absolute Gasteiger partial charge is 0.501 e. The molecule has 12 nitrogen and oxygen atoms in total. The fourth-order valence-electron chi connectivity index (χ4n) is 8.38. The van der Waals surface area contributed by atoms with Crippen LogP contribution in [0, 0.1) is 5.92 Å². The fraction of sp³-hybridized carbons (Fsp3) is 0.347. The monoisotopic (exact) mass is 1010 g/mol. The third-order valence-corrected chi connectivity index (χ3v) is 17.2. The van der Waals surface area contributed by atoms with E-state index in [0.717, 1.165) is 60.5 Å². The summed E-state index contributed by atoms with van der Waals surface area (Å²) in [6, 6.07) is 34.5. The van der Waals surface area contributed by atoms with Crippen LogP contribution >= 0.6 is 30.9 Å². The fourth-order valence-corrected chi connectivity index (χ4v) is 12.2. The number of halogens is 4. The van der Waals surface area contributed by atoms with E-state index in [2.05, 4.69) is 37.2 Å². The number of amides is 1. The van der Waals surface area contributed by atoms with E-state index in [1.807, 2.05) is 66.7 Å². The van der Waals surface area contributed by atoms with Crippen molar-refractivity contribution in [3.8, 4) is 11.1 Å². The minimum Gasteiger partial charge on any atom is -0.481 e. The molecule has 3 N–H and O–H groups in total. The van der Waals surface area contributed by atoms with Crippen molar-refractivity contribution in [2.24, 2.45) is 5.92 Å². The molecule has 1 unspecified atom stereocenters. The Morgan fingerprint density at radius 3 is 2.18 bits per heavy atom. The van der Waals surface area contributed by atoms with Crippen LogP contribution in [0.3, 0.4) is 0 Å². The van der Waals surface area contributed by atoms with E-state index < -0.39 is 56.9 Å². The molecule has 1 amide bonds. The van der Waals surface area contributed by atoms with Crippen LogP contribution in [0.15, 0.2) is 131 Å². The van der Waals surface area contributed by atoms with Gasteiger partial charge in [-0.1, -0.05) is 66.2 Å². The van der Waals surface area contributed by atoms with Crippen LogP contribution in [-0.2, 0) is 30.3 Å². The van der Waals surface area contributed by atoms with Crippen LogP contribution in [0.5, 0.6) is 0 Å². The minimum atomic E-state index is -6.03. The Morgan fingerprint density at radius 2 is 1.53 bits per heavy atom. The predicted molar refractivity (Wildman–Crippen MR) is 263 cm³/mol. The normalized spacial score (nSPS) is 16.8. The van der Waals surface area contributed by atoms with Gasteiger partial charge in [-0.15, -0.1) is 11.8 Å². The van der Waals surface area contributed by atoms with Crippen molar-refractivity contribution in [2.45, 2.75) is 54.1 Å². The SMILES string of the molecule is CCOP(=O)(NC(=O)c1ccc(N2CCN(Cc3ccccc3-c3ccc(Cl)cc3)CC2)cc1)c1ccc(N[C@H](CCN2CCC(C(=O)O)CC2)CSc2ccccc2)c(S(=O)(=O)C(F)(F)F)c1. The van der Waals surface area contributed by atoms with Gasteiger partial charge < -0.3 is 24.7 Å². The zero-order chi connectivity index (χ0) is 48.5. The molecule has 5 aromatic rings. The average Bonchev–Trinajstić information content (AvgIpc) is 3.33. The third kappa shape index (κ3) is 12.9. The van der Waals surface area contributed by atoms with Gasteiger partial charge >= 0.3 is 19.0 Å². The Labute approximate surface area is 404 Å². The number of carboxylic acids is 1. The summed E-state index contributed by atoms with van der Waals surface area (Å²) >= 11 is 7.56. The summed E-state index contributed by atoms with van der Waals surface area (Å²) in [5, 5.41) is 15.1. The maximum Gasteiger partial charge on any atom is 0.501 e. The highest BCUT2D eigenvalue weighted by molar-refractivity contribution is 7.99. The number of piperidine rings is 1. The molecule has 2 fully saturated rings. The number of carbonyl (C=O) groups excluding carboxylic acids is 1. The van der Waals surface area contributed by atoms with Gasteiger partial charge in [0, 0.05) is 72.2 Å². The summed E-state index contributed by atoms with van der Waals surface area (Å²) in [7, 11) is -10.6. The first-order chi connectivity index (χ1) is 32.5. The molecule has 0 spiro atoms. The van der Waals surface area contributed by atoms with E-state index >= 15 is 0 Å². The Morgan fingerprint density at radius 1 is 0.868 bits per heavy atom. The van der Waals surface area contributed by atoms with Crippen molar-refractivity contribution in [3.05, 3.63) is 137 Å². The maximum absolute atomic E-state index is 14.5. The molecule has 0 aromatic heterocycles. The van der Waals surface area contributed by atoms with Crippen LogP contribution in [0.25, 0.3) is 11.1 Å². The Balaban J connectivity index is 1.05. The first-order valence-electron chi connectivity index (χ1n) is 22.4. The van der Waals surface area contributed by atoms with Crippen LogP contribution in [0.4, 0.5) is 24.5 Å². The van der Waals surface area contributed by atoms with Gasteiger partial charge in [-0.3, -0.25) is 24.1 Å². The van der Waals surface area contributed by atoms with Crippen LogP contribution in [0.2, 0.25) is 5.02 Å². The van der Waals surface area contributed by atoms with Crippen LogP contribution < -0.4 is 20.6 Å². The van der Waals surface area contributed by atoms with E-state index in [9.17, 15) is 40.8 Å². The predicted octanol–water partition coefficient (Wildman–Crippen LogP) is 9.67. The molecule has 0 radical (unpaired) electrons. The number of sulfone groups is 1. The second kappa shape index (κ2) is 22.7. The Hall–Kier alpha value is -4.87. The van der Waals surface area contributed by atoms with Crippen molar-refractivity contribution in [3.63, 3.8) is 0 Å². The lowest BCUT2D eigenvalue weighted by Gasteiger charge is -2.36. The van der Waals surface area contributed by atoms with Gasteiger partial charge in [0.25, 0.3) is 15.7 Å². The molecule has 68 heavy (non-hydrogen) atoms. The Bertz CT molecular complexity index is 2670. The zero-order valence-electron chi connectivity index (χ0n) is 37.4. The summed E-state index contributed by atoms with van der Waals surface area (Å²) in [5.74, 6) is -1.78. The smallest absolute Gasteiger partial charge is 0.481 e. The van der Waals surface area contributed by atoms with Gasteiger partial charge in [-0.25, -0.2) is 8.42 Å². The van der Waals surface area contributed by atoms with Gasteiger partial charge in [0.15, 0.2) is 0 Å². The number of rotatable bonds is 19. The van der Waals surface area contributed by atoms with E-state index in [-0.39, 0.29) is 17.9 Å². The Kier molecular flexibility index (Phi) is 17.0. The lowest BCUT2D eigenvalue weighted by molar-refractivity contribution is -0.143. The third-order valence-electron chi connectivity index (χ3n) is 12.2. The topological polar surface area (TPSA) is 149 Å². The van der Waals surface area contributed by atoms with Crippen molar-refractivity contribution >= 4 is 69.3 Å². The molecule has 0 saturated carbocycles. The molecule has 2 aliphatic heterocycles. The number of likely N-dealkylation sites (tertiary alicyclic amines) is 1. The highest BCUT2D eigenvalue weighted by atomic mass is 35.5. The van der Waals surface area contributed by atoms with E-state index in [1.54, 1.807) is 24.3 Å². The molecule has 0 aliphatic carbocycles. The van der Waals surface area contributed by atoms with Gasteiger partial charge in [0.2, 0.25) is 0 Å². The van der Waals surface area contributed by atoms with E-state index in [0.29, 0.717) is 55.7 Å². The lowest BCUT2D eigenvalue weighted by atomic mass is 9.97. The highest BCUT2D eigenvalue weighted by Gasteiger charge is 2.49. The number of hydrogen-bond acceptors (Lipinski definition) is 11. The number of benzene rings is 5. The number of aliphatic carboxylic acids is 1. The molecule has 7 rings (SSSR count). The van der Waals surface area contributed by atoms with Gasteiger partial charge in [-0.05, 0) is 123 Å². The van der Waals surface area contributed by atoms with Gasteiger partial charge in [-0.2, -0.15) is 13.2 Å². The highest BCUT2D eigenvalue weighted by Crippen LogP contribution is 2.44. The minimum absolute atomic E-state index is 0.110. The first-order valence-corrected chi connectivity index (χ1v) is 26.8. The molecule has 2 heterocycles. The van der Waals surface area contributed by atoms with E-state index in [4.69, 9.17) is 16.1 Å². The number of nitrogens with one attached hydrogen (secondary N) is 2. The van der Waals surface area contributed by atoms with Crippen molar-refractivity contribution in [2.75, 3.05) is 68.4 Å². The molecule has 362 valence electrons.